The monoisotopic (exact) mass is 345 g/mol. The number of carbonyl (C=O) groups excluding carboxylic acids is 2. The van der Waals surface area contributed by atoms with E-state index in [-0.39, 0.29) is 12.5 Å². The first-order valence-corrected chi connectivity index (χ1v) is 7.41. The minimum Gasteiger partial charge on any atom is -0.350 e. The molecule has 0 heterocycles. The fourth-order valence-corrected chi connectivity index (χ4v) is 1.94. The maximum Gasteiger partial charge on any atom is 0.416 e. The third-order valence-corrected chi connectivity index (χ3v) is 2.99. The second kappa shape index (κ2) is 7.55. The Morgan fingerprint density at radius 2 is 1.79 bits per heavy atom. The third kappa shape index (κ3) is 6.89. The summed E-state index contributed by atoms with van der Waals surface area (Å²) in [4.78, 5) is 23.3. The summed E-state index contributed by atoms with van der Waals surface area (Å²) in [5.74, 6) is -0.357. The molecule has 1 rings (SSSR count). The number of benzene rings is 1. The van der Waals surface area contributed by atoms with Crippen molar-refractivity contribution in [1.29, 1.82) is 0 Å². The zero-order chi connectivity index (χ0) is 18.5. The number of hydrogen-bond acceptors (Lipinski definition) is 2. The predicted octanol–water partition coefficient (Wildman–Crippen LogP) is 2.98. The topological polar surface area (TPSA) is 70.2 Å². The maximum atomic E-state index is 12.7. The van der Waals surface area contributed by atoms with Crippen molar-refractivity contribution in [3.05, 3.63) is 35.4 Å². The van der Waals surface area contributed by atoms with Gasteiger partial charge in [0.1, 0.15) is 0 Å². The van der Waals surface area contributed by atoms with E-state index < -0.39 is 29.4 Å². The van der Waals surface area contributed by atoms with Gasteiger partial charge in [0.2, 0.25) is 5.91 Å². The van der Waals surface area contributed by atoms with E-state index in [1.165, 1.54) is 12.1 Å². The maximum absolute atomic E-state index is 12.7. The molecule has 8 heteroatoms. The van der Waals surface area contributed by atoms with Gasteiger partial charge >= 0.3 is 12.2 Å². The summed E-state index contributed by atoms with van der Waals surface area (Å²) in [5.41, 5.74) is -0.877. The summed E-state index contributed by atoms with van der Waals surface area (Å²) >= 11 is 0. The zero-order valence-corrected chi connectivity index (χ0v) is 14.0. The van der Waals surface area contributed by atoms with Crippen molar-refractivity contribution >= 4 is 11.9 Å². The van der Waals surface area contributed by atoms with E-state index in [9.17, 15) is 22.8 Å². The lowest BCUT2D eigenvalue weighted by atomic mass is 10.1. The highest BCUT2D eigenvalue weighted by atomic mass is 19.4. The second-order valence-corrected chi connectivity index (χ2v) is 6.47. The van der Waals surface area contributed by atoms with Crippen LogP contribution in [0.1, 0.15) is 44.9 Å². The van der Waals surface area contributed by atoms with Gasteiger partial charge in [-0.3, -0.25) is 4.79 Å². The number of hydrogen-bond donors (Lipinski definition) is 3. The summed E-state index contributed by atoms with van der Waals surface area (Å²) in [5, 5.41) is 7.54. The summed E-state index contributed by atoms with van der Waals surface area (Å²) in [6.45, 7) is 6.75. The zero-order valence-electron chi connectivity index (χ0n) is 14.0. The van der Waals surface area contributed by atoms with Crippen LogP contribution in [0.15, 0.2) is 24.3 Å². The Morgan fingerprint density at radius 1 is 1.17 bits per heavy atom. The number of amides is 3. The first kappa shape index (κ1) is 19.8. The molecule has 1 unspecified atom stereocenters. The van der Waals surface area contributed by atoms with Crippen LogP contribution in [-0.4, -0.2) is 24.0 Å². The molecule has 0 aliphatic heterocycles. The van der Waals surface area contributed by atoms with Crippen LogP contribution in [0.25, 0.3) is 0 Å². The quantitative estimate of drug-likeness (QED) is 0.785. The fraction of sp³-hybridized carbons (Fsp3) is 0.500. The molecule has 0 aliphatic rings. The minimum absolute atomic E-state index is 0.224. The first-order chi connectivity index (χ1) is 10.9. The van der Waals surface area contributed by atoms with E-state index in [1.807, 2.05) is 0 Å². The van der Waals surface area contributed by atoms with Gasteiger partial charge in [0.25, 0.3) is 0 Å². The summed E-state index contributed by atoms with van der Waals surface area (Å²) < 4.78 is 38.1. The average molecular weight is 345 g/mol. The molecule has 0 saturated heterocycles. The lowest BCUT2D eigenvalue weighted by molar-refractivity contribution is -0.137. The van der Waals surface area contributed by atoms with Gasteiger partial charge in [-0.1, -0.05) is 12.1 Å². The molecule has 0 radical (unpaired) electrons. The summed E-state index contributed by atoms with van der Waals surface area (Å²) in [7, 11) is 0. The van der Waals surface area contributed by atoms with Gasteiger partial charge in [0.15, 0.2) is 0 Å². The Kier molecular flexibility index (Phi) is 6.22. The molecule has 1 aromatic carbocycles. The van der Waals surface area contributed by atoms with Crippen molar-refractivity contribution in [2.45, 2.75) is 45.5 Å². The van der Waals surface area contributed by atoms with Gasteiger partial charge < -0.3 is 16.0 Å². The van der Waals surface area contributed by atoms with Gasteiger partial charge in [-0.2, -0.15) is 13.2 Å². The smallest absolute Gasteiger partial charge is 0.350 e. The van der Waals surface area contributed by atoms with Crippen LogP contribution in [0.5, 0.6) is 0 Å². The predicted molar refractivity (Wildman–Crippen MR) is 84.3 cm³/mol. The number of nitrogens with one attached hydrogen (secondary N) is 3. The summed E-state index contributed by atoms with van der Waals surface area (Å²) in [6, 6.07) is 3.45. The van der Waals surface area contributed by atoms with Gasteiger partial charge in [0.05, 0.1) is 18.2 Å². The normalized spacial score (nSPS) is 13.1. The number of carbonyl (C=O) groups is 2. The molecule has 3 N–H and O–H groups in total. The Hall–Kier alpha value is -2.25. The van der Waals surface area contributed by atoms with Crippen LogP contribution in [0, 0.1) is 0 Å². The van der Waals surface area contributed by atoms with Gasteiger partial charge in [-0.05, 0) is 45.4 Å². The van der Waals surface area contributed by atoms with Crippen molar-refractivity contribution in [1.82, 2.24) is 16.0 Å². The minimum atomic E-state index is -4.44. The van der Waals surface area contributed by atoms with Crippen molar-refractivity contribution < 1.29 is 22.8 Å². The van der Waals surface area contributed by atoms with Crippen LogP contribution >= 0.6 is 0 Å². The Labute approximate surface area is 139 Å². The van der Waals surface area contributed by atoms with Gasteiger partial charge in [0, 0.05) is 5.54 Å². The highest BCUT2D eigenvalue weighted by molar-refractivity contribution is 5.84. The molecule has 1 aromatic rings. The molecule has 0 aliphatic carbocycles. The molecule has 0 saturated carbocycles. The molecule has 5 nitrogen and oxygen atoms in total. The van der Waals surface area contributed by atoms with Crippen molar-refractivity contribution in [2.75, 3.05) is 6.54 Å². The molecule has 0 spiro atoms. The molecule has 3 amide bonds. The largest absolute Gasteiger partial charge is 0.416 e. The van der Waals surface area contributed by atoms with Gasteiger partial charge in [-0.15, -0.1) is 0 Å². The molecule has 0 bridgehead atoms. The van der Waals surface area contributed by atoms with E-state index in [0.29, 0.717) is 5.56 Å². The molecule has 0 fully saturated rings. The van der Waals surface area contributed by atoms with E-state index >= 15 is 0 Å². The molecule has 1 atom stereocenters. The second-order valence-electron chi connectivity index (χ2n) is 6.47. The average Bonchev–Trinajstić information content (AvgIpc) is 2.42. The van der Waals surface area contributed by atoms with E-state index in [0.717, 1.165) is 12.1 Å². The number of urea groups is 1. The first-order valence-electron chi connectivity index (χ1n) is 7.41. The van der Waals surface area contributed by atoms with Crippen LogP contribution in [0.4, 0.5) is 18.0 Å². The molecule has 134 valence electrons. The van der Waals surface area contributed by atoms with E-state index in [2.05, 4.69) is 16.0 Å². The highest BCUT2D eigenvalue weighted by Crippen LogP contribution is 2.30. The Bertz CT molecular complexity index is 595. The number of rotatable bonds is 4. The van der Waals surface area contributed by atoms with E-state index in [1.54, 1.807) is 27.7 Å². The standard InChI is InChI=1S/C16H22F3N3O2/c1-10(11-6-5-7-12(8-11)16(17,18)19)21-14(24)20-9-13(23)22-15(2,3)4/h5-8,10H,9H2,1-4H3,(H,22,23)(H2,20,21,24). The van der Waals surface area contributed by atoms with E-state index in [4.69, 9.17) is 0 Å². The van der Waals surface area contributed by atoms with Crippen LogP contribution in [0.3, 0.4) is 0 Å². The number of halogens is 3. The molecular formula is C16H22F3N3O2. The SMILES string of the molecule is CC(NC(=O)NCC(=O)NC(C)(C)C)c1cccc(C(F)(F)F)c1. The molecule has 24 heavy (non-hydrogen) atoms. The third-order valence-electron chi connectivity index (χ3n) is 2.99. The van der Waals surface area contributed by atoms with Crippen molar-refractivity contribution in [3.8, 4) is 0 Å². The number of alkyl halides is 3. The van der Waals surface area contributed by atoms with Crippen molar-refractivity contribution in [3.63, 3.8) is 0 Å². The Morgan fingerprint density at radius 3 is 2.33 bits per heavy atom. The molecular weight excluding hydrogens is 323 g/mol. The molecule has 0 aromatic heterocycles. The summed E-state index contributed by atoms with van der Waals surface area (Å²) in [6.07, 6.45) is -4.44. The Balaban J connectivity index is 2.57. The lowest BCUT2D eigenvalue weighted by Crippen LogP contribution is -2.47. The van der Waals surface area contributed by atoms with Crippen molar-refractivity contribution in [2.24, 2.45) is 0 Å². The fourth-order valence-electron chi connectivity index (χ4n) is 1.94. The lowest BCUT2D eigenvalue weighted by Gasteiger charge is -2.21. The highest BCUT2D eigenvalue weighted by Gasteiger charge is 2.30. The van der Waals surface area contributed by atoms with Crippen LogP contribution in [-0.2, 0) is 11.0 Å². The van der Waals surface area contributed by atoms with Crippen LogP contribution < -0.4 is 16.0 Å². The van der Waals surface area contributed by atoms with Crippen LogP contribution in [0.2, 0.25) is 0 Å². The van der Waals surface area contributed by atoms with Gasteiger partial charge in [-0.25, -0.2) is 4.79 Å².